The number of nitrogens with zero attached hydrogens (tertiary/aromatic N) is 1. The first-order valence-electron chi connectivity index (χ1n) is 5.12. The number of nitrogens with one attached hydrogen (secondary N) is 1. The van der Waals surface area contributed by atoms with Crippen molar-refractivity contribution in [1.82, 2.24) is 10.5 Å². The van der Waals surface area contributed by atoms with E-state index < -0.39 is 0 Å². The highest BCUT2D eigenvalue weighted by atomic mass is 79.9. The summed E-state index contributed by atoms with van der Waals surface area (Å²) in [5.74, 6) is 0. The van der Waals surface area contributed by atoms with Gasteiger partial charge in [0.05, 0.1) is 0 Å². The molecule has 0 radical (unpaired) electrons. The van der Waals surface area contributed by atoms with Gasteiger partial charge in [-0.3, -0.25) is 4.98 Å². The minimum atomic E-state index is 0.158. The van der Waals surface area contributed by atoms with Gasteiger partial charge in [-0.15, -0.1) is 11.8 Å². The van der Waals surface area contributed by atoms with Crippen LogP contribution in [-0.4, -0.2) is 21.5 Å². The van der Waals surface area contributed by atoms with Crippen LogP contribution in [0, 0.1) is 0 Å². The molecule has 1 rings (SSSR count). The lowest BCUT2D eigenvalue weighted by molar-refractivity contribution is 0.168. The molecule has 16 heavy (non-hydrogen) atoms. The fourth-order valence-corrected chi connectivity index (χ4v) is 2.92. The number of hydroxylamine groups is 1. The maximum atomic E-state index is 8.63. The molecule has 0 fully saturated rings. The fourth-order valence-electron chi connectivity index (χ4n) is 1.25. The van der Waals surface area contributed by atoms with E-state index in [9.17, 15) is 0 Å². The van der Waals surface area contributed by atoms with Crippen LogP contribution in [0.1, 0.15) is 26.3 Å². The second-order valence-corrected chi connectivity index (χ2v) is 7.17. The first-order valence-corrected chi connectivity index (χ1v) is 6.73. The molecule has 0 atom stereocenters. The van der Waals surface area contributed by atoms with Crippen LogP contribution in [0.25, 0.3) is 0 Å². The van der Waals surface area contributed by atoms with E-state index in [0.717, 1.165) is 16.5 Å². The average Bonchev–Trinajstić information content (AvgIpc) is 2.17. The Morgan fingerprint density at radius 1 is 1.44 bits per heavy atom. The van der Waals surface area contributed by atoms with E-state index >= 15 is 0 Å². The normalized spacial score (nSPS) is 11.8. The largest absolute Gasteiger partial charge is 0.317 e. The molecule has 0 saturated heterocycles. The van der Waals surface area contributed by atoms with E-state index in [1.54, 1.807) is 0 Å². The van der Waals surface area contributed by atoms with Crippen molar-refractivity contribution >= 4 is 27.7 Å². The summed E-state index contributed by atoms with van der Waals surface area (Å²) < 4.78 is 1.17. The zero-order chi connectivity index (χ0) is 12.2. The minimum absolute atomic E-state index is 0.158. The van der Waals surface area contributed by atoms with Crippen LogP contribution in [0.15, 0.2) is 21.8 Å². The topological polar surface area (TPSA) is 45.2 Å². The maximum absolute atomic E-state index is 8.63. The zero-order valence-corrected chi connectivity index (χ0v) is 12.2. The van der Waals surface area contributed by atoms with Gasteiger partial charge >= 0.3 is 0 Å². The highest BCUT2D eigenvalue weighted by Gasteiger charge is 2.17. The molecule has 90 valence electrons. The number of hydrogen-bond donors (Lipinski definition) is 2. The lowest BCUT2D eigenvalue weighted by atomic mass is 10.2. The molecular weight excluding hydrogens is 288 g/mol. The molecular formula is C11H17BrN2OS. The summed E-state index contributed by atoms with van der Waals surface area (Å²) in [7, 11) is 0. The minimum Gasteiger partial charge on any atom is -0.317 e. The number of halogens is 1. The Hall–Kier alpha value is -0.100. The molecule has 1 aromatic heterocycles. The average molecular weight is 305 g/mol. The molecule has 3 nitrogen and oxygen atoms in total. The van der Waals surface area contributed by atoms with Gasteiger partial charge in [0.1, 0.15) is 0 Å². The molecule has 2 N–H and O–H groups in total. The van der Waals surface area contributed by atoms with Crippen LogP contribution < -0.4 is 5.48 Å². The summed E-state index contributed by atoms with van der Waals surface area (Å²) in [4.78, 5) is 5.36. The Balaban J connectivity index is 2.94. The predicted octanol–water partition coefficient (Wildman–Crippen LogP) is 3.26. The third-order valence-corrected chi connectivity index (χ3v) is 4.00. The molecule has 0 aliphatic rings. The highest BCUT2D eigenvalue weighted by molar-refractivity contribution is 9.10. The maximum Gasteiger partial charge on any atom is 0.0497 e. The van der Waals surface area contributed by atoms with Crippen LogP contribution in [0.5, 0.6) is 0 Å². The third kappa shape index (κ3) is 4.41. The Bertz CT molecular complexity index is 352. The summed E-state index contributed by atoms with van der Waals surface area (Å²) in [6, 6.07) is 0. The first-order chi connectivity index (χ1) is 7.44. The van der Waals surface area contributed by atoms with Crippen molar-refractivity contribution < 1.29 is 5.21 Å². The van der Waals surface area contributed by atoms with Gasteiger partial charge in [-0.1, -0.05) is 20.8 Å². The zero-order valence-electron chi connectivity index (χ0n) is 9.75. The van der Waals surface area contributed by atoms with Crippen molar-refractivity contribution in [2.45, 2.75) is 36.8 Å². The van der Waals surface area contributed by atoms with E-state index in [1.807, 2.05) is 24.2 Å². The molecule has 1 heterocycles. The van der Waals surface area contributed by atoms with Crippen molar-refractivity contribution in [2.24, 2.45) is 0 Å². The molecule has 1 aromatic rings. The van der Waals surface area contributed by atoms with Crippen LogP contribution in [0.3, 0.4) is 0 Å². The van der Waals surface area contributed by atoms with E-state index in [0.29, 0.717) is 6.54 Å². The Morgan fingerprint density at radius 3 is 2.69 bits per heavy atom. The van der Waals surface area contributed by atoms with Crippen LogP contribution >= 0.6 is 27.7 Å². The molecule has 5 heteroatoms. The molecule has 0 aliphatic heterocycles. The molecule has 0 aliphatic carbocycles. The van der Waals surface area contributed by atoms with Gasteiger partial charge in [0.2, 0.25) is 0 Å². The molecule has 0 amide bonds. The van der Waals surface area contributed by atoms with Gasteiger partial charge in [0.25, 0.3) is 0 Å². The second kappa shape index (κ2) is 6.00. The lowest BCUT2D eigenvalue weighted by Crippen LogP contribution is -2.13. The van der Waals surface area contributed by atoms with E-state index in [1.165, 1.54) is 4.90 Å². The van der Waals surface area contributed by atoms with Crippen LogP contribution in [0.4, 0.5) is 0 Å². The predicted molar refractivity (Wildman–Crippen MR) is 71.0 cm³/mol. The molecule has 0 saturated carbocycles. The number of rotatable bonds is 4. The van der Waals surface area contributed by atoms with Crippen LogP contribution in [-0.2, 0) is 6.42 Å². The number of hydrogen-bond acceptors (Lipinski definition) is 4. The highest BCUT2D eigenvalue weighted by Crippen LogP contribution is 2.38. The van der Waals surface area contributed by atoms with Gasteiger partial charge in [-0.2, -0.15) is 0 Å². The number of pyridine rings is 1. The summed E-state index contributed by atoms with van der Waals surface area (Å²) in [6.07, 6.45) is 4.43. The van der Waals surface area contributed by atoms with E-state index in [2.05, 4.69) is 47.2 Å². The SMILES string of the molecule is CC(C)(C)Sc1c(Br)cncc1CCNO. The molecule has 0 unspecified atom stereocenters. The van der Waals surface area contributed by atoms with Crippen molar-refractivity contribution in [1.29, 1.82) is 0 Å². The summed E-state index contributed by atoms with van der Waals surface area (Å²) in [5, 5.41) is 8.63. The third-order valence-electron chi connectivity index (χ3n) is 1.84. The quantitative estimate of drug-likeness (QED) is 0.662. The summed E-state index contributed by atoms with van der Waals surface area (Å²) in [5.41, 5.74) is 3.32. The Kier molecular flexibility index (Phi) is 5.24. The first kappa shape index (κ1) is 14.0. The van der Waals surface area contributed by atoms with Gasteiger partial charge < -0.3 is 5.21 Å². The monoisotopic (exact) mass is 304 g/mol. The smallest absolute Gasteiger partial charge is 0.0497 e. The van der Waals surface area contributed by atoms with Crippen LogP contribution in [0.2, 0.25) is 0 Å². The summed E-state index contributed by atoms with van der Waals surface area (Å²) >= 11 is 5.33. The van der Waals surface area contributed by atoms with Crippen molar-refractivity contribution in [3.63, 3.8) is 0 Å². The van der Waals surface area contributed by atoms with Crippen molar-refractivity contribution in [3.05, 3.63) is 22.4 Å². The number of aromatic nitrogens is 1. The van der Waals surface area contributed by atoms with Crippen molar-refractivity contribution in [3.8, 4) is 0 Å². The number of thioether (sulfide) groups is 1. The van der Waals surface area contributed by atoms with Gasteiger partial charge in [-0.25, -0.2) is 5.48 Å². The molecule has 0 spiro atoms. The second-order valence-electron chi connectivity index (χ2n) is 4.48. The van der Waals surface area contributed by atoms with Crippen molar-refractivity contribution in [2.75, 3.05) is 6.54 Å². The van der Waals surface area contributed by atoms with Gasteiger partial charge in [-0.05, 0) is 27.9 Å². The molecule has 0 bridgehead atoms. The standard InChI is InChI=1S/C11H17BrN2OS/c1-11(2,3)16-10-8(4-5-14-15)6-13-7-9(10)12/h6-7,14-15H,4-5H2,1-3H3. The fraction of sp³-hybridized carbons (Fsp3) is 0.545. The van der Waals surface area contributed by atoms with Gasteiger partial charge in [0, 0.05) is 33.1 Å². The van der Waals surface area contributed by atoms with E-state index in [-0.39, 0.29) is 4.75 Å². The lowest BCUT2D eigenvalue weighted by Gasteiger charge is -2.20. The Morgan fingerprint density at radius 2 is 2.12 bits per heavy atom. The van der Waals surface area contributed by atoms with E-state index in [4.69, 9.17) is 5.21 Å². The Labute approximate surface area is 109 Å². The van der Waals surface area contributed by atoms with Gasteiger partial charge in [0.15, 0.2) is 0 Å². The molecule has 0 aromatic carbocycles. The summed E-state index contributed by atoms with van der Waals surface area (Å²) in [6.45, 7) is 7.08.